The quantitative estimate of drug-likeness (QED) is 0.751. The molecule has 0 aromatic heterocycles. The van der Waals surface area contributed by atoms with Crippen molar-refractivity contribution in [3.63, 3.8) is 0 Å². The van der Waals surface area contributed by atoms with Gasteiger partial charge in [0.1, 0.15) is 0 Å². The third-order valence-electron chi connectivity index (χ3n) is 4.47. The molecule has 2 heterocycles. The van der Waals surface area contributed by atoms with Crippen LogP contribution in [0.5, 0.6) is 0 Å². The monoisotopic (exact) mass is 258 g/mol. The van der Waals surface area contributed by atoms with E-state index in [-0.39, 0.29) is 16.7 Å². The maximum Gasteiger partial charge on any atom is 0.236 e. The summed E-state index contributed by atoms with van der Waals surface area (Å²) in [5.41, 5.74) is 3.25. The first-order valence-electron chi connectivity index (χ1n) is 7.11. The zero-order valence-corrected chi connectivity index (χ0v) is 12.0. The minimum atomic E-state index is -0.329. The third-order valence-corrected chi connectivity index (χ3v) is 4.47. The standard InChI is InChI=1S/C16H22N2O/c1-15(2,3)11-5-6-12-13(9-11)18-14(19)16(12)7-4-8-17-10-16/h5-6,9,17H,4,7-8,10H2,1-3H3,(H,18,19). The minimum absolute atomic E-state index is 0.111. The molecule has 19 heavy (non-hydrogen) atoms. The van der Waals surface area contributed by atoms with Crippen molar-refractivity contribution in [1.29, 1.82) is 0 Å². The summed E-state index contributed by atoms with van der Waals surface area (Å²) < 4.78 is 0. The maximum absolute atomic E-state index is 12.4. The molecule has 3 rings (SSSR count). The van der Waals surface area contributed by atoms with Gasteiger partial charge in [0.05, 0.1) is 5.41 Å². The summed E-state index contributed by atoms with van der Waals surface area (Å²) in [6, 6.07) is 6.48. The van der Waals surface area contributed by atoms with Gasteiger partial charge in [-0.1, -0.05) is 32.9 Å². The summed E-state index contributed by atoms with van der Waals surface area (Å²) in [6.07, 6.45) is 2.02. The van der Waals surface area contributed by atoms with E-state index in [4.69, 9.17) is 0 Å². The average molecular weight is 258 g/mol. The van der Waals surface area contributed by atoms with Gasteiger partial charge in [0.25, 0.3) is 0 Å². The van der Waals surface area contributed by atoms with E-state index in [2.05, 4.69) is 49.6 Å². The number of anilines is 1. The summed E-state index contributed by atoms with van der Waals surface area (Å²) in [5.74, 6) is 0.167. The molecule has 3 heteroatoms. The van der Waals surface area contributed by atoms with E-state index < -0.39 is 0 Å². The van der Waals surface area contributed by atoms with Crippen molar-refractivity contribution in [3.05, 3.63) is 29.3 Å². The summed E-state index contributed by atoms with van der Waals surface area (Å²) in [4.78, 5) is 12.4. The first-order chi connectivity index (χ1) is 8.93. The Morgan fingerprint density at radius 2 is 2.05 bits per heavy atom. The van der Waals surface area contributed by atoms with E-state index in [1.165, 1.54) is 11.1 Å². The van der Waals surface area contributed by atoms with Crippen LogP contribution in [0.3, 0.4) is 0 Å². The van der Waals surface area contributed by atoms with E-state index in [9.17, 15) is 4.79 Å². The lowest BCUT2D eigenvalue weighted by Crippen LogP contribution is -2.47. The molecule has 0 radical (unpaired) electrons. The Bertz CT molecular complexity index is 522. The molecule has 102 valence electrons. The smallest absolute Gasteiger partial charge is 0.236 e. The summed E-state index contributed by atoms with van der Waals surface area (Å²) >= 11 is 0. The number of benzene rings is 1. The molecule has 0 saturated carbocycles. The van der Waals surface area contributed by atoms with Crippen molar-refractivity contribution in [3.8, 4) is 0 Å². The largest absolute Gasteiger partial charge is 0.325 e. The molecule has 3 nitrogen and oxygen atoms in total. The number of amides is 1. The maximum atomic E-state index is 12.4. The third kappa shape index (κ3) is 1.88. The molecular formula is C16H22N2O. The van der Waals surface area contributed by atoms with Crippen LogP contribution in [0.15, 0.2) is 18.2 Å². The van der Waals surface area contributed by atoms with Crippen LogP contribution < -0.4 is 10.6 Å². The summed E-state index contributed by atoms with van der Waals surface area (Å²) in [6.45, 7) is 8.38. The van der Waals surface area contributed by atoms with Gasteiger partial charge in [-0.2, -0.15) is 0 Å². The summed E-state index contributed by atoms with van der Waals surface area (Å²) in [5, 5.41) is 6.46. The SMILES string of the molecule is CC(C)(C)c1ccc2c(c1)NC(=O)C21CCCNC1. The number of rotatable bonds is 0. The molecule has 0 aliphatic carbocycles. The first kappa shape index (κ1) is 12.7. The summed E-state index contributed by atoms with van der Waals surface area (Å²) in [7, 11) is 0. The molecule has 0 bridgehead atoms. The highest BCUT2D eigenvalue weighted by molar-refractivity contribution is 6.06. The van der Waals surface area contributed by atoms with Gasteiger partial charge >= 0.3 is 0 Å². The van der Waals surface area contributed by atoms with Gasteiger partial charge < -0.3 is 10.6 Å². The Labute approximate surface area is 114 Å². The predicted molar refractivity (Wildman–Crippen MR) is 77.6 cm³/mol. The molecule has 1 atom stereocenters. The Kier molecular flexibility index (Phi) is 2.72. The van der Waals surface area contributed by atoms with Crippen LogP contribution >= 0.6 is 0 Å². The first-order valence-corrected chi connectivity index (χ1v) is 7.11. The van der Waals surface area contributed by atoms with Crippen LogP contribution in [-0.2, 0) is 15.6 Å². The second kappa shape index (κ2) is 4.07. The second-order valence-electron chi connectivity index (χ2n) is 6.83. The lowest BCUT2D eigenvalue weighted by atomic mass is 9.75. The molecule has 2 aliphatic rings. The molecule has 1 spiro atoms. The van der Waals surface area contributed by atoms with E-state index in [0.717, 1.165) is 31.6 Å². The Balaban J connectivity index is 2.06. The van der Waals surface area contributed by atoms with Crippen molar-refractivity contribution < 1.29 is 4.79 Å². The number of hydrogen-bond acceptors (Lipinski definition) is 2. The molecule has 2 aliphatic heterocycles. The number of carbonyl (C=O) groups excluding carboxylic acids is 1. The van der Waals surface area contributed by atoms with Gasteiger partial charge in [0.15, 0.2) is 0 Å². The number of nitrogens with one attached hydrogen (secondary N) is 2. The molecule has 1 amide bonds. The molecule has 1 aromatic carbocycles. The highest BCUT2D eigenvalue weighted by atomic mass is 16.2. The molecule has 1 fully saturated rings. The highest BCUT2D eigenvalue weighted by Gasteiger charge is 2.47. The zero-order chi connectivity index (χ0) is 13.7. The van der Waals surface area contributed by atoms with Gasteiger partial charge in [-0.15, -0.1) is 0 Å². The van der Waals surface area contributed by atoms with Crippen LogP contribution in [-0.4, -0.2) is 19.0 Å². The van der Waals surface area contributed by atoms with Crippen molar-refractivity contribution in [2.75, 3.05) is 18.4 Å². The van der Waals surface area contributed by atoms with Crippen LogP contribution in [0.1, 0.15) is 44.7 Å². The van der Waals surface area contributed by atoms with Crippen LogP contribution in [0.25, 0.3) is 0 Å². The van der Waals surface area contributed by atoms with Crippen LogP contribution in [0.2, 0.25) is 0 Å². The number of carbonyl (C=O) groups is 1. The minimum Gasteiger partial charge on any atom is -0.325 e. The number of hydrogen-bond donors (Lipinski definition) is 2. The van der Waals surface area contributed by atoms with Crippen molar-refractivity contribution in [1.82, 2.24) is 5.32 Å². The van der Waals surface area contributed by atoms with Crippen LogP contribution in [0, 0.1) is 0 Å². The Morgan fingerprint density at radius 1 is 1.26 bits per heavy atom. The Morgan fingerprint density at radius 3 is 2.68 bits per heavy atom. The lowest BCUT2D eigenvalue weighted by Gasteiger charge is -2.32. The van der Waals surface area contributed by atoms with E-state index in [1.54, 1.807) is 0 Å². The lowest BCUT2D eigenvalue weighted by molar-refractivity contribution is -0.121. The number of fused-ring (bicyclic) bond motifs is 2. The topological polar surface area (TPSA) is 41.1 Å². The molecule has 1 unspecified atom stereocenters. The zero-order valence-electron chi connectivity index (χ0n) is 12.0. The van der Waals surface area contributed by atoms with Gasteiger partial charge in [0.2, 0.25) is 5.91 Å². The second-order valence-corrected chi connectivity index (χ2v) is 6.83. The number of piperidine rings is 1. The van der Waals surface area contributed by atoms with Gasteiger partial charge in [-0.3, -0.25) is 4.79 Å². The predicted octanol–water partition coefficient (Wildman–Crippen LogP) is 2.56. The van der Waals surface area contributed by atoms with Crippen LogP contribution in [0.4, 0.5) is 5.69 Å². The van der Waals surface area contributed by atoms with Crippen molar-refractivity contribution in [2.45, 2.75) is 44.4 Å². The van der Waals surface area contributed by atoms with Gasteiger partial charge in [-0.05, 0) is 42.0 Å². The molecular weight excluding hydrogens is 236 g/mol. The molecule has 1 saturated heterocycles. The van der Waals surface area contributed by atoms with Gasteiger partial charge in [-0.25, -0.2) is 0 Å². The van der Waals surface area contributed by atoms with Crippen molar-refractivity contribution in [2.24, 2.45) is 0 Å². The van der Waals surface area contributed by atoms with E-state index in [0.29, 0.717) is 0 Å². The fourth-order valence-electron chi connectivity index (χ4n) is 3.22. The van der Waals surface area contributed by atoms with Crippen molar-refractivity contribution >= 4 is 11.6 Å². The molecule has 1 aromatic rings. The van der Waals surface area contributed by atoms with E-state index in [1.807, 2.05) is 0 Å². The fraction of sp³-hybridized carbons (Fsp3) is 0.562. The normalized spacial score (nSPS) is 26.4. The Hall–Kier alpha value is -1.35. The van der Waals surface area contributed by atoms with E-state index >= 15 is 0 Å². The van der Waals surface area contributed by atoms with Gasteiger partial charge in [0, 0.05) is 12.2 Å². The fourth-order valence-corrected chi connectivity index (χ4v) is 3.22. The molecule has 2 N–H and O–H groups in total. The highest BCUT2D eigenvalue weighted by Crippen LogP contribution is 2.43. The average Bonchev–Trinajstić information content (AvgIpc) is 2.62.